The first-order valence-corrected chi connectivity index (χ1v) is 8.55. The minimum atomic E-state index is -0.207. The highest BCUT2D eigenvalue weighted by atomic mass is 16.5. The molecule has 2 amide bonds. The van der Waals surface area contributed by atoms with Crippen molar-refractivity contribution in [1.29, 1.82) is 0 Å². The molecule has 0 aliphatic rings. The Hall–Kier alpha value is -3.15. The van der Waals surface area contributed by atoms with Crippen LogP contribution in [-0.4, -0.2) is 27.1 Å². The lowest BCUT2D eigenvalue weighted by atomic mass is 10.1. The molecule has 1 heterocycles. The van der Waals surface area contributed by atoms with Gasteiger partial charge in [-0.15, -0.1) is 0 Å². The maximum Gasteiger partial charge on any atom is 0.322 e. The van der Waals surface area contributed by atoms with E-state index >= 15 is 0 Å². The van der Waals surface area contributed by atoms with Crippen LogP contribution >= 0.6 is 0 Å². The Labute approximate surface area is 152 Å². The average Bonchev–Trinajstić information content (AvgIpc) is 3.09. The molecule has 6 heteroatoms. The van der Waals surface area contributed by atoms with Gasteiger partial charge in [0.25, 0.3) is 0 Å². The van der Waals surface area contributed by atoms with Gasteiger partial charge in [-0.3, -0.25) is 0 Å². The second-order valence-electron chi connectivity index (χ2n) is 6.40. The van der Waals surface area contributed by atoms with Gasteiger partial charge in [-0.1, -0.05) is 53.2 Å². The van der Waals surface area contributed by atoms with E-state index in [4.69, 9.17) is 4.52 Å². The molecule has 1 N–H and O–H groups in total. The average molecular weight is 350 g/mol. The van der Waals surface area contributed by atoms with E-state index in [-0.39, 0.29) is 18.6 Å². The first kappa shape index (κ1) is 17.7. The molecule has 0 atom stereocenters. The van der Waals surface area contributed by atoms with Gasteiger partial charge in [0.1, 0.15) is 6.54 Å². The largest absolute Gasteiger partial charge is 0.337 e. The predicted octanol–water partition coefficient (Wildman–Crippen LogP) is 4.49. The van der Waals surface area contributed by atoms with Crippen molar-refractivity contribution in [2.24, 2.45) is 0 Å². The number of aryl methyl sites for hydroxylation is 1. The topological polar surface area (TPSA) is 71.3 Å². The van der Waals surface area contributed by atoms with E-state index in [9.17, 15) is 4.79 Å². The molecule has 0 fully saturated rings. The lowest BCUT2D eigenvalue weighted by Crippen LogP contribution is -2.39. The molecule has 0 bridgehead atoms. The quantitative estimate of drug-likeness (QED) is 0.736. The van der Waals surface area contributed by atoms with Crippen LogP contribution in [0.15, 0.2) is 59.1 Å². The molecule has 0 saturated heterocycles. The van der Waals surface area contributed by atoms with Crippen LogP contribution in [-0.2, 0) is 6.54 Å². The zero-order valence-electron chi connectivity index (χ0n) is 15.1. The number of hydrogen-bond donors (Lipinski definition) is 1. The van der Waals surface area contributed by atoms with E-state index in [0.29, 0.717) is 11.7 Å². The first-order valence-electron chi connectivity index (χ1n) is 8.55. The number of carbonyl (C=O) groups is 1. The number of benzene rings is 2. The van der Waals surface area contributed by atoms with Crippen LogP contribution in [0.3, 0.4) is 0 Å². The highest BCUT2D eigenvalue weighted by molar-refractivity contribution is 5.89. The van der Waals surface area contributed by atoms with Gasteiger partial charge in [-0.05, 0) is 32.9 Å². The van der Waals surface area contributed by atoms with Crippen LogP contribution < -0.4 is 5.32 Å². The number of hydrogen-bond acceptors (Lipinski definition) is 4. The molecule has 1 aromatic heterocycles. The third-order valence-corrected chi connectivity index (χ3v) is 3.99. The Balaban J connectivity index is 1.72. The molecular formula is C20H22N4O2. The van der Waals surface area contributed by atoms with E-state index < -0.39 is 0 Å². The molecule has 0 saturated carbocycles. The molecule has 3 rings (SSSR count). The molecule has 3 aromatic rings. The Kier molecular flexibility index (Phi) is 5.31. The highest BCUT2D eigenvalue weighted by Gasteiger charge is 2.21. The second kappa shape index (κ2) is 7.82. The van der Waals surface area contributed by atoms with Crippen molar-refractivity contribution in [1.82, 2.24) is 15.0 Å². The Morgan fingerprint density at radius 1 is 1.12 bits per heavy atom. The minimum Gasteiger partial charge on any atom is -0.337 e. The molecule has 0 radical (unpaired) electrons. The fraction of sp³-hybridized carbons (Fsp3) is 0.250. The summed E-state index contributed by atoms with van der Waals surface area (Å²) in [7, 11) is 0. The second-order valence-corrected chi connectivity index (χ2v) is 6.40. The maximum absolute atomic E-state index is 12.6. The van der Waals surface area contributed by atoms with Crippen LogP contribution in [0.4, 0.5) is 10.5 Å². The van der Waals surface area contributed by atoms with Crippen LogP contribution in [0, 0.1) is 6.92 Å². The maximum atomic E-state index is 12.6. The van der Waals surface area contributed by atoms with E-state index in [1.54, 1.807) is 4.90 Å². The third-order valence-electron chi connectivity index (χ3n) is 3.99. The first-order chi connectivity index (χ1) is 12.5. The number of amides is 2. The van der Waals surface area contributed by atoms with Gasteiger partial charge < -0.3 is 14.7 Å². The summed E-state index contributed by atoms with van der Waals surface area (Å²) in [5.74, 6) is 0.921. The van der Waals surface area contributed by atoms with Gasteiger partial charge in [0.15, 0.2) is 0 Å². The van der Waals surface area contributed by atoms with Gasteiger partial charge in [0, 0.05) is 17.3 Å². The van der Waals surface area contributed by atoms with Crippen molar-refractivity contribution < 1.29 is 9.32 Å². The van der Waals surface area contributed by atoms with Crippen LogP contribution in [0.25, 0.3) is 11.4 Å². The summed E-state index contributed by atoms with van der Waals surface area (Å²) in [4.78, 5) is 18.7. The molecule has 6 nitrogen and oxygen atoms in total. The van der Waals surface area contributed by atoms with Crippen molar-refractivity contribution in [3.05, 3.63) is 66.1 Å². The molecule has 0 aliphatic carbocycles. The Morgan fingerprint density at radius 2 is 1.81 bits per heavy atom. The van der Waals surface area contributed by atoms with E-state index in [1.807, 2.05) is 75.4 Å². The number of nitrogens with one attached hydrogen (secondary N) is 1. The predicted molar refractivity (Wildman–Crippen MR) is 101 cm³/mol. The SMILES string of the molecule is Cc1ccc(-c2noc(CN(C(=O)Nc3ccccc3)C(C)C)n2)cc1. The smallest absolute Gasteiger partial charge is 0.322 e. The molecule has 0 spiro atoms. The zero-order valence-corrected chi connectivity index (χ0v) is 15.1. The van der Waals surface area contributed by atoms with Crippen molar-refractivity contribution in [2.45, 2.75) is 33.4 Å². The summed E-state index contributed by atoms with van der Waals surface area (Å²) in [6.45, 7) is 6.16. The highest BCUT2D eigenvalue weighted by Crippen LogP contribution is 2.18. The summed E-state index contributed by atoms with van der Waals surface area (Å²) < 4.78 is 5.35. The summed E-state index contributed by atoms with van der Waals surface area (Å²) in [5.41, 5.74) is 2.80. The normalized spacial score (nSPS) is 10.8. The molecule has 134 valence electrons. The van der Waals surface area contributed by atoms with Crippen molar-refractivity contribution in [3.63, 3.8) is 0 Å². The van der Waals surface area contributed by atoms with Crippen LogP contribution in [0.1, 0.15) is 25.3 Å². The lowest BCUT2D eigenvalue weighted by Gasteiger charge is -2.25. The van der Waals surface area contributed by atoms with Crippen molar-refractivity contribution >= 4 is 11.7 Å². The lowest BCUT2D eigenvalue weighted by molar-refractivity contribution is 0.182. The summed E-state index contributed by atoms with van der Waals surface area (Å²) in [6, 6.07) is 17.0. The number of rotatable bonds is 5. The van der Waals surface area contributed by atoms with Gasteiger partial charge in [-0.2, -0.15) is 4.98 Å². The Morgan fingerprint density at radius 3 is 2.46 bits per heavy atom. The monoisotopic (exact) mass is 350 g/mol. The number of carbonyl (C=O) groups excluding carboxylic acids is 1. The fourth-order valence-corrected chi connectivity index (χ4v) is 2.49. The van der Waals surface area contributed by atoms with Crippen molar-refractivity contribution in [3.8, 4) is 11.4 Å². The minimum absolute atomic E-state index is 0.0200. The van der Waals surface area contributed by atoms with Gasteiger partial charge in [-0.25, -0.2) is 4.79 Å². The number of anilines is 1. The summed E-state index contributed by atoms with van der Waals surface area (Å²) >= 11 is 0. The van der Waals surface area contributed by atoms with Gasteiger partial charge >= 0.3 is 6.03 Å². The molecular weight excluding hydrogens is 328 g/mol. The van der Waals surface area contributed by atoms with E-state index in [2.05, 4.69) is 15.5 Å². The van der Waals surface area contributed by atoms with Crippen LogP contribution in [0.5, 0.6) is 0 Å². The zero-order chi connectivity index (χ0) is 18.5. The van der Waals surface area contributed by atoms with E-state index in [0.717, 1.165) is 11.3 Å². The van der Waals surface area contributed by atoms with Crippen LogP contribution in [0.2, 0.25) is 0 Å². The molecule has 26 heavy (non-hydrogen) atoms. The number of aromatic nitrogens is 2. The summed E-state index contributed by atoms with van der Waals surface area (Å²) in [5, 5.41) is 6.91. The third kappa shape index (κ3) is 4.27. The number of nitrogens with zero attached hydrogens (tertiary/aromatic N) is 3. The molecule has 0 unspecified atom stereocenters. The number of para-hydroxylation sites is 1. The molecule has 0 aliphatic heterocycles. The fourth-order valence-electron chi connectivity index (χ4n) is 2.49. The standard InChI is InChI=1S/C20H22N4O2/c1-14(2)24(20(25)21-17-7-5-4-6-8-17)13-18-22-19(23-26-18)16-11-9-15(3)10-12-16/h4-12,14H,13H2,1-3H3,(H,21,25). The summed E-state index contributed by atoms with van der Waals surface area (Å²) in [6.07, 6.45) is 0. The number of urea groups is 1. The van der Waals surface area contributed by atoms with E-state index in [1.165, 1.54) is 5.56 Å². The van der Waals surface area contributed by atoms with Gasteiger partial charge in [0.2, 0.25) is 11.7 Å². The Bertz CT molecular complexity index is 857. The molecule has 2 aromatic carbocycles. The van der Waals surface area contributed by atoms with Crippen molar-refractivity contribution in [2.75, 3.05) is 5.32 Å². The van der Waals surface area contributed by atoms with Gasteiger partial charge in [0.05, 0.1) is 0 Å².